The van der Waals surface area contributed by atoms with Gasteiger partial charge >= 0.3 is 12.1 Å². The highest BCUT2D eigenvalue weighted by molar-refractivity contribution is 6.35. The maximum Gasteiger partial charge on any atom is 0.415 e. The molecule has 3 fully saturated rings. The normalized spacial score (nSPS) is 19.0. The first kappa shape index (κ1) is 33.4. The minimum Gasteiger partial charge on any atom is -0.619 e. The summed E-state index contributed by atoms with van der Waals surface area (Å²) in [6.45, 7) is 2.46. The zero-order valence-electron chi connectivity index (χ0n) is 26.3. The van der Waals surface area contributed by atoms with Gasteiger partial charge in [-0.2, -0.15) is 4.73 Å². The van der Waals surface area contributed by atoms with Crippen LogP contribution in [0, 0.1) is 11.1 Å². The largest absolute Gasteiger partial charge is 0.619 e. The zero-order chi connectivity index (χ0) is 33.9. The van der Waals surface area contributed by atoms with Crippen LogP contribution in [0.25, 0.3) is 0 Å². The lowest BCUT2D eigenvalue weighted by molar-refractivity contribution is -0.605. The highest BCUT2D eigenvalue weighted by atomic mass is 35.5. The Kier molecular flexibility index (Phi) is 9.95. The summed E-state index contributed by atoms with van der Waals surface area (Å²) in [6.07, 6.45) is 3.47. The van der Waals surface area contributed by atoms with Crippen molar-refractivity contribution in [2.45, 2.75) is 37.8 Å². The maximum absolute atomic E-state index is 13.8. The number of pyridine rings is 1. The first-order valence-electron chi connectivity index (χ1n) is 15.4. The Balaban J connectivity index is 1.39. The number of ether oxygens (including phenoxy) is 3. The second kappa shape index (κ2) is 14.3. The van der Waals surface area contributed by atoms with Crippen molar-refractivity contribution >= 4 is 41.0 Å². The van der Waals surface area contributed by atoms with E-state index in [0.717, 1.165) is 38.3 Å². The molecule has 14 heteroatoms. The maximum atomic E-state index is 13.8. The van der Waals surface area contributed by atoms with Gasteiger partial charge in [-0.3, -0.25) is 9.80 Å². The Hall–Kier alpha value is -4.52. The molecule has 0 unspecified atom stereocenters. The second-order valence-electron chi connectivity index (χ2n) is 11.8. The minimum atomic E-state index is -1.34. The summed E-state index contributed by atoms with van der Waals surface area (Å²) >= 11 is 12.9. The van der Waals surface area contributed by atoms with Crippen molar-refractivity contribution < 1.29 is 38.1 Å². The summed E-state index contributed by atoms with van der Waals surface area (Å²) in [6, 6.07) is 14.0. The smallest absolute Gasteiger partial charge is 0.415 e. The third kappa shape index (κ3) is 7.01. The molecule has 3 saturated heterocycles. The molecule has 48 heavy (non-hydrogen) atoms. The first-order chi connectivity index (χ1) is 23.1. The van der Waals surface area contributed by atoms with Crippen molar-refractivity contribution in [3.63, 3.8) is 0 Å². The Labute approximate surface area is 286 Å². The number of fused-ring (bicyclic) bond motifs is 3. The fourth-order valence-corrected chi connectivity index (χ4v) is 7.04. The van der Waals surface area contributed by atoms with Crippen LogP contribution in [0.2, 0.25) is 10.0 Å². The summed E-state index contributed by atoms with van der Waals surface area (Å²) in [5, 5.41) is 22.5. The number of carbonyl (C=O) groups is 2. The molecule has 12 nitrogen and oxygen atoms in total. The van der Waals surface area contributed by atoms with E-state index in [1.54, 1.807) is 42.5 Å². The second-order valence-corrected chi connectivity index (χ2v) is 12.6. The number of carbonyl (C=O) groups excluding carboxylic acids is 1. The molecular weight excluding hydrogens is 663 g/mol. The molecule has 0 radical (unpaired) electrons. The number of hydrogen-bond donors (Lipinski definition) is 1. The summed E-state index contributed by atoms with van der Waals surface area (Å²) in [7, 11) is 2.98. The van der Waals surface area contributed by atoms with Gasteiger partial charge in [-0.25, -0.2) is 14.6 Å². The molecule has 7 rings (SSSR count). The quantitative estimate of drug-likeness (QED) is 0.148. The van der Waals surface area contributed by atoms with Crippen LogP contribution in [0.5, 0.6) is 11.5 Å². The fourth-order valence-electron chi connectivity index (χ4n) is 6.44. The summed E-state index contributed by atoms with van der Waals surface area (Å²) in [5.74, 6) is -1.05. The monoisotopic (exact) mass is 696 g/mol. The summed E-state index contributed by atoms with van der Waals surface area (Å²) < 4.78 is 23.7. The van der Waals surface area contributed by atoms with E-state index in [1.165, 1.54) is 19.1 Å². The number of aromatic carboxylic acids is 1. The van der Waals surface area contributed by atoms with E-state index in [-0.39, 0.29) is 46.5 Å². The van der Waals surface area contributed by atoms with Gasteiger partial charge in [0.15, 0.2) is 29.6 Å². The van der Waals surface area contributed by atoms with Crippen LogP contribution in [0.4, 0.5) is 10.5 Å². The van der Waals surface area contributed by atoms with Crippen LogP contribution in [0.3, 0.4) is 0 Å². The van der Waals surface area contributed by atoms with Gasteiger partial charge in [0.25, 0.3) is 0 Å². The van der Waals surface area contributed by atoms with E-state index in [9.17, 15) is 19.9 Å². The predicted molar refractivity (Wildman–Crippen MR) is 176 cm³/mol. The van der Waals surface area contributed by atoms with Crippen molar-refractivity contribution in [2.24, 2.45) is 5.92 Å². The first-order valence-corrected chi connectivity index (χ1v) is 16.2. The molecule has 5 heterocycles. The Bertz CT molecular complexity index is 1770. The molecule has 2 atom stereocenters. The molecule has 0 aliphatic carbocycles. The van der Waals surface area contributed by atoms with Crippen LogP contribution < -0.4 is 19.1 Å². The van der Waals surface area contributed by atoms with Crippen molar-refractivity contribution in [1.82, 2.24) is 9.88 Å². The number of amides is 1. The Morgan fingerprint density at radius 1 is 1.08 bits per heavy atom. The summed E-state index contributed by atoms with van der Waals surface area (Å²) in [5.41, 5.74) is 1.15. The van der Waals surface area contributed by atoms with Crippen molar-refractivity contribution in [2.75, 3.05) is 38.8 Å². The molecule has 1 amide bonds. The van der Waals surface area contributed by atoms with Crippen LogP contribution >= 0.6 is 23.2 Å². The highest BCUT2D eigenvalue weighted by Crippen LogP contribution is 2.39. The lowest BCUT2D eigenvalue weighted by Gasteiger charge is -2.44. The van der Waals surface area contributed by atoms with Gasteiger partial charge in [-0.15, -0.1) is 0 Å². The van der Waals surface area contributed by atoms with Gasteiger partial charge in [0, 0.05) is 23.7 Å². The number of carboxylic acid groups (broad SMARTS) is 1. The Morgan fingerprint density at radius 2 is 1.77 bits per heavy atom. The number of nitrogens with zero attached hydrogens (tertiary/aromatic N) is 4. The van der Waals surface area contributed by atoms with Gasteiger partial charge in [0.05, 0.1) is 14.2 Å². The number of aromatic nitrogens is 2. The SMILES string of the molecule is COc1ccc([C@H](Cc2c(Cl)c[n+]([O-])cc2Cl)c2oc(CN(C(=O)O[C@H]3CN4CCC3CC4)c3ccccc3)nc2C(=O)O)cc1OC. The average molecular weight is 698 g/mol. The van der Waals surface area contributed by atoms with Crippen LogP contribution in [-0.2, 0) is 17.7 Å². The van der Waals surface area contributed by atoms with Crippen LogP contribution in [0.15, 0.2) is 65.3 Å². The van der Waals surface area contributed by atoms with Gasteiger partial charge < -0.3 is 28.9 Å². The molecular formula is C34H34Cl2N4O8. The molecule has 4 aromatic rings. The molecule has 0 spiro atoms. The molecule has 1 N–H and O–H groups in total. The lowest BCUT2D eigenvalue weighted by Crippen LogP contribution is -2.53. The number of piperidine rings is 3. The standard InChI is InChI=1S/C34H34Cl2N4O8/c1-45-27-9-8-21(14-28(27)46-2)23(15-24-25(35)16-39(44)17-26(24)36)32-31(33(41)42)37-30(48-32)19-40(22-6-4-3-5-7-22)34(43)47-29-18-38-12-10-20(29)11-13-38/h3-9,14,16-17,20,23,29H,10-13,15,18-19H2,1-2H3,(H,41,42)/t23-,29-/m0/s1. The predicted octanol–water partition coefficient (Wildman–Crippen LogP) is 5.94. The van der Waals surface area contributed by atoms with Gasteiger partial charge in [-0.05, 0) is 68.1 Å². The molecule has 252 valence electrons. The van der Waals surface area contributed by atoms with E-state index in [0.29, 0.717) is 45.5 Å². The number of hydrogen-bond acceptors (Lipinski definition) is 9. The number of rotatable bonds is 11. The number of carboxylic acids is 1. The zero-order valence-corrected chi connectivity index (χ0v) is 27.8. The molecule has 2 aromatic carbocycles. The third-order valence-corrected chi connectivity index (χ3v) is 9.57. The van der Waals surface area contributed by atoms with E-state index in [2.05, 4.69) is 9.88 Å². The number of anilines is 1. The van der Waals surface area contributed by atoms with E-state index >= 15 is 0 Å². The number of para-hydroxylation sites is 1. The van der Waals surface area contributed by atoms with Gasteiger partial charge in [0.1, 0.15) is 28.5 Å². The average Bonchev–Trinajstić information content (AvgIpc) is 3.51. The lowest BCUT2D eigenvalue weighted by atomic mass is 9.86. The third-order valence-electron chi connectivity index (χ3n) is 8.92. The van der Waals surface area contributed by atoms with E-state index in [4.69, 9.17) is 41.8 Å². The van der Waals surface area contributed by atoms with Crippen molar-refractivity contribution in [3.05, 3.63) is 105 Å². The van der Waals surface area contributed by atoms with Crippen LogP contribution in [-0.4, -0.2) is 67.0 Å². The minimum absolute atomic E-state index is 0.00512. The molecule has 3 aliphatic rings. The molecule has 2 bridgehead atoms. The fraction of sp³-hybridized carbons (Fsp3) is 0.353. The van der Waals surface area contributed by atoms with Gasteiger partial charge in [-0.1, -0.05) is 47.5 Å². The van der Waals surface area contributed by atoms with E-state index in [1.807, 2.05) is 6.07 Å². The molecule has 2 aromatic heterocycles. The Morgan fingerprint density at radius 3 is 2.38 bits per heavy atom. The summed E-state index contributed by atoms with van der Waals surface area (Å²) in [4.78, 5) is 34.5. The van der Waals surface area contributed by atoms with Crippen molar-refractivity contribution in [3.8, 4) is 11.5 Å². The van der Waals surface area contributed by atoms with Gasteiger partial charge in [0.2, 0.25) is 5.89 Å². The van der Waals surface area contributed by atoms with Crippen molar-refractivity contribution in [1.29, 1.82) is 0 Å². The van der Waals surface area contributed by atoms with Crippen LogP contribution in [0.1, 0.15) is 52.0 Å². The highest BCUT2D eigenvalue weighted by Gasteiger charge is 2.38. The number of halogens is 2. The number of oxazole rings is 1. The molecule has 0 saturated carbocycles. The topological polar surface area (TPSA) is 142 Å². The number of methoxy groups -OCH3 is 2. The molecule has 3 aliphatic heterocycles. The number of benzene rings is 2. The van der Waals surface area contributed by atoms with E-state index < -0.39 is 18.0 Å².